The Morgan fingerprint density at radius 3 is 1.86 bits per heavy atom. The van der Waals surface area contributed by atoms with Crippen molar-refractivity contribution in [3.05, 3.63) is 88.2 Å². The van der Waals surface area contributed by atoms with Crippen molar-refractivity contribution in [1.82, 2.24) is 49.9 Å². The van der Waals surface area contributed by atoms with Gasteiger partial charge in [-0.3, -0.25) is 19.2 Å². The number of rotatable bonds is 17. The van der Waals surface area contributed by atoms with E-state index in [9.17, 15) is 54.3 Å². The van der Waals surface area contributed by atoms with Crippen LogP contribution in [-0.4, -0.2) is 149 Å². The number of likely N-dealkylation sites (tertiary alicyclic amines) is 1. The summed E-state index contributed by atoms with van der Waals surface area (Å²) < 4.78 is 28.2. The molecule has 3 aromatic heterocycles. The highest BCUT2D eigenvalue weighted by molar-refractivity contribution is 6.45. The van der Waals surface area contributed by atoms with E-state index in [0.717, 1.165) is 50.2 Å². The lowest BCUT2D eigenvalue weighted by Gasteiger charge is -2.64. The minimum Gasteiger partial charge on any atom is -0.486 e. The maximum atomic E-state index is 13.5. The maximum Gasteiger partial charge on any atom is 0.457 e. The van der Waals surface area contributed by atoms with Gasteiger partial charge in [-0.15, -0.1) is 0 Å². The summed E-state index contributed by atoms with van der Waals surface area (Å²) >= 11 is 0. The predicted molar refractivity (Wildman–Crippen MR) is 259 cm³/mol. The molecule has 9 rings (SSSR count). The molecule has 2 saturated heterocycles. The third-order valence-corrected chi connectivity index (χ3v) is 12.8. The number of hydrogen-bond donors (Lipinski definition) is 1. The third-order valence-electron chi connectivity index (χ3n) is 12.8. The van der Waals surface area contributed by atoms with Crippen LogP contribution in [0.2, 0.25) is 6.32 Å². The van der Waals surface area contributed by atoms with E-state index in [0.29, 0.717) is 49.0 Å². The summed E-state index contributed by atoms with van der Waals surface area (Å²) in [6.07, 6.45) is 6.56. The van der Waals surface area contributed by atoms with Crippen molar-refractivity contribution in [1.29, 1.82) is 0 Å². The van der Waals surface area contributed by atoms with Crippen molar-refractivity contribution in [2.75, 3.05) is 19.6 Å². The summed E-state index contributed by atoms with van der Waals surface area (Å²) in [5.74, 6) is -1.74. The number of aryl methyl sites for hydroxylation is 1. The van der Waals surface area contributed by atoms with Crippen LogP contribution in [-0.2, 0) is 59.3 Å². The first kappa shape index (κ1) is 58.6. The van der Waals surface area contributed by atoms with Crippen LogP contribution in [0.3, 0.4) is 0 Å². The van der Waals surface area contributed by atoms with Crippen LogP contribution in [0, 0.1) is 54.5 Å². The Bertz CT molecular complexity index is 2820. The van der Waals surface area contributed by atoms with Gasteiger partial charge in [0.25, 0.3) is 0 Å². The molecule has 2 aliphatic heterocycles. The zero-order chi connectivity index (χ0) is 56.4. The van der Waals surface area contributed by atoms with E-state index in [2.05, 4.69) is 61.7 Å². The van der Waals surface area contributed by atoms with Crippen molar-refractivity contribution in [2.45, 2.75) is 131 Å². The van der Waals surface area contributed by atoms with E-state index in [1.54, 1.807) is 11.0 Å². The third kappa shape index (κ3) is 15.2. The van der Waals surface area contributed by atoms with E-state index in [4.69, 9.17) is 29.4 Å². The number of aliphatic carboxylic acids is 1. The van der Waals surface area contributed by atoms with Gasteiger partial charge in [0.05, 0.1) is 47.0 Å². The molecular formula is C43H57BN16O16. The molecule has 76 heavy (non-hydrogen) atoms. The second-order valence-electron chi connectivity index (χ2n) is 20.0. The van der Waals surface area contributed by atoms with Crippen LogP contribution >= 0.6 is 0 Å². The number of carboxylic acids is 1. The lowest BCUT2D eigenvalue weighted by Crippen LogP contribution is -2.65. The molecule has 0 unspecified atom stereocenters. The van der Waals surface area contributed by atoms with Gasteiger partial charge in [0.1, 0.15) is 82.3 Å². The number of Topliss-reactive ketones (excluding diaryl/α,β-unsaturated/α-hetero) is 2. The summed E-state index contributed by atoms with van der Waals surface area (Å²) in [4.78, 5) is 89.5. The molecule has 5 aliphatic rings. The Balaban J connectivity index is 0.000000277. The van der Waals surface area contributed by atoms with E-state index in [1.165, 1.54) is 20.3 Å². The minimum absolute atomic E-state index is 0.0147. The minimum atomic E-state index is -1.13. The van der Waals surface area contributed by atoms with Crippen LogP contribution in [0.5, 0.6) is 5.75 Å². The molecule has 3 aliphatic carbocycles. The van der Waals surface area contributed by atoms with E-state index < -0.39 is 50.5 Å². The van der Waals surface area contributed by atoms with Crippen LogP contribution in [0.15, 0.2) is 35.8 Å². The van der Waals surface area contributed by atoms with Gasteiger partial charge < -0.3 is 59.1 Å². The molecule has 408 valence electrons. The number of ether oxygens (including phenoxy) is 2. The summed E-state index contributed by atoms with van der Waals surface area (Å²) in [6, 6.07) is 3.77. The number of hydrogen-bond acceptors (Lipinski definition) is 22. The van der Waals surface area contributed by atoms with Gasteiger partial charge in [0, 0.05) is 4.91 Å². The lowest BCUT2D eigenvalue weighted by atomic mass is 9.43. The molecule has 32 nitrogen and oxygen atoms in total. The number of nitrogens with zero attached hydrogens (tertiary/aromatic N) is 16. The molecule has 5 fully saturated rings. The quantitative estimate of drug-likeness (QED) is 0.0297. The summed E-state index contributed by atoms with van der Waals surface area (Å²) in [7, 11) is -0.294. The van der Waals surface area contributed by atoms with Crippen molar-refractivity contribution in [2.24, 2.45) is 22.4 Å². The Hall–Kier alpha value is -8.32. The highest BCUT2D eigenvalue weighted by Crippen LogP contribution is 2.65. The molecule has 1 amide bonds. The molecule has 1 N–H and O–H groups in total. The molecule has 0 radical (unpaired) electrons. The van der Waals surface area contributed by atoms with Crippen LogP contribution in [0.1, 0.15) is 89.7 Å². The number of carboxylic acid groups (broad SMARTS) is 1. The number of azide groups is 1. The zero-order valence-corrected chi connectivity index (χ0v) is 43.1. The molecule has 0 spiro atoms. The fourth-order valence-corrected chi connectivity index (χ4v) is 9.01. The Morgan fingerprint density at radius 2 is 1.41 bits per heavy atom. The average molecular weight is 1060 g/mol. The van der Waals surface area contributed by atoms with Gasteiger partial charge in [-0.25, -0.2) is 18.8 Å². The number of aromatic nitrogens is 9. The zero-order valence-electron chi connectivity index (χ0n) is 43.1. The second-order valence-corrected chi connectivity index (χ2v) is 20.0. The van der Waals surface area contributed by atoms with Crippen LogP contribution < -0.4 is 4.74 Å². The first-order valence-electron chi connectivity index (χ1n) is 23.5. The molecule has 4 aromatic rings. The molecule has 3 saturated carbocycles. The molecule has 4 atom stereocenters. The number of nitro groups is 3. The van der Waals surface area contributed by atoms with Crippen molar-refractivity contribution in [3.8, 4) is 5.75 Å². The number of carbonyl (C=O) groups is 5. The van der Waals surface area contributed by atoms with Crippen molar-refractivity contribution >= 4 is 54.0 Å². The number of carbonyl (C=O) groups excluding carboxylic acids is 4. The number of benzene rings is 1. The van der Waals surface area contributed by atoms with Gasteiger partial charge in [-0.05, 0) is 129 Å². The molecule has 5 heterocycles. The predicted octanol–water partition coefficient (Wildman–Crippen LogP) is 3.94. The standard InChI is InChI=1S/C31H42BN5O8.C5H6N4O3.C4H4N4O4.C3H5N3O/c1-18-19(10-11-32-44-24-13-20-12-23(30(20,5)6)31(24,7)45-32)8-9-22(27(18)28(39)43-29(2,3)4)42-21-14-35(15-21)26(38)17-36-16-25(33-34-36)37(40)41;1-4(10)2-8-3-5(6-7-8)9(11)12;9-4(10)2-7-1-3(5-6-7)8(11)12;1-3(7)2-5-6-4/h8-9,16,20-21,23-24H,10-15,17H2,1-7H3;3H,2H2,1H3;1H,2H2,(H,9,10);2H2,1H3/t20-,23-,24+,31-;;;/m0.../s1. The van der Waals surface area contributed by atoms with Crippen molar-refractivity contribution in [3.63, 3.8) is 0 Å². The second kappa shape index (κ2) is 24.4. The lowest BCUT2D eigenvalue weighted by molar-refractivity contribution is -0.389. The number of esters is 1. The molecule has 2 bridgehead atoms. The largest absolute Gasteiger partial charge is 0.486 e. The van der Waals surface area contributed by atoms with Gasteiger partial charge in [0.2, 0.25) is 5.91 Å². The summed E-state index contributed by atoms with van der Waals surface area (Å²) in [6.45, 7) is 17.0. The van der Waals surface area contributed by atoms with Crippen molar-refractivity contribution < 1.29 is 62.6 Å². The Kier molecular flexibility index (Phi) is 18.8. The first-order chi connectivity index (χ1) is 35.5. The normalized spacial score (nSPS) is 19.7. The maximum absolute atomic E-state index is 13.5. The first-order valence-corrected chi connectivity index (χ1v) is 23.5. The van der Waals surface area contributed by atoms with Crippen LogP contribution in [0.25, 0.3) is 10.4 Å². The Labute approximate surface area is 432 Å². The van der Waals surface area contributed by atoms with Gasteiger partial charge >= 0.3 is 36.5 Å². The highest BCUT2D eigenvalue weighted by atomic mass is 16.7. The SMILES string of the molecule is CC(=O)CN=[N+]=[N-].CC(=O)Cn1cc([N+](=O)[O-])nn1.Cc1c(CCB2O[C@@H]3C[C@@H]4C[C@@H](C4(C)C)[C@]3(C)O2)ccc(OC2CN(C(=O)Cn3cc([N+](=O)[O-])nn3)C2)c1C(=O)OC(C)(C)C.O=C(O)Cn1cc([N+](=O)[O-])nn1. The molecule has 33 heteroatoms. The monoisotopic (exact) mass is 1060 g/mol. The van der Waals surface area contributed by atoms with Gasteiger partial charge in [-0.1, -0.05) is 25.0 Å². The van der Waals surface area contributed by atoms with E-state index in [1.807, 2.05) is 33.8 Å². The molecular weight excluding hydrogens is 1010 g/mol. The Morgan fingerprint density at radius 1 is 0.868 bits per heavy atom. The van der Waals surface area contributed by atoms with Gasteiger partial charge in [0.15, 0.2) is 5.78 Å². The van der Waals surface area contributed by atoms with Gasteiger partial charge in [-0.2, -0.15) is 0 Å². The van der Waals surface area contributed by atoms with E-state index >= 15 is 0 Å². The van der Waals surface area contributed by atoms with E-state index in [-0.39, 0.29) is 73.3 Å². The molecule has 1 aromatic carbocycles. The smallest absolute Gasteiger partial charge is 0.457 e. The fourth-order valence-electron chi connectivity index (χ4n) is 9.01. The summed E-state index contributed by atoms with van der Waals surface area (Å²) in [5.41, 5.74) is 9.10. The topological polar surface area (TPSA) is 416 Å². The summed E-state index contributed by atoms with van der Waals surface area (Å²) in [5, 5.41) is 62.3. The van der Waals surface area contributed by atoms with Crippen LogP contribution in [0.4, 0.5) is 17.5 Å². The number of ketones is 2. The number of amides is 1. The fraction of sp³-hybridized carbons (Fsp3) is 0.605. The average Bonchev–Trinajstić information content (AvgIpc) is 4.13. The highest BCUT2D eigenvalue weighted by Gasteiger charge is 2.67.